The van der Waals surface area contributed by atoms with Gasteiger partial charge in [0.25, 0.3) is 0 Å². The molecule has 0 amide bonds. The van der Waals surface area contributed by atoms with Crippen molar-refractivity contribution in [2.75, 3.05) is 5.32 Å². The molecule has 3 rings (SSSR count). The molecule has 2 N–H and O–H groups in total. The van der Waals surface area contributed by atoms with E-state index in [-0.39, 0.29) is 5.82 Å². The van der Waals surface area contributed by atoms with Gasteiger partial charge in [-0.05, 0) is 43.9 Å². The van der Waals surface area contributed by atoms with Crippen molar-refractivity contribution in [1.82, 2.24) is 5.32 Å². The first-order valence-corrected chi connectivity index (χ1v) is 6.56. The zero-order chi connectivity index (χ0) is 11.8. The number of nitrogens with one attached hydrogen (secondary N) is 2. The van der Waals surface area contributed by atoms with Gasteiger partial charge in [0, 0.05) is 18.1 Å². The van der Waals surface area contributed by atoms with E-state index in [4.69, 9.17) is 11.6 Å². The van der Waals surface area contributed by atoms with Crippen LogP contribution in [0.3, 0.4) is 0 Å². The molecule has 2 aliphatic rings. The molecule has 2 atom stereocenters. The van der Waals surface area contributed by atoms with Crippen LogP contribution in [0, 0.1) is 5.82 Å². The molecule has 2 aliphatic heterocycles. The van der Waals surface area contributed by atoms with Crippen LogP contribution in [-0.4, -0.2) is 18.1 Å². The molecule has 92 valence electrons. The van der Waals surface area contributed by atoms with Crippen molar-refractivity contribution in [3.05, 3.63) is 29.0 Å². The van der Waals surface area contributed by atoms with E-state index in [1.54, 1.807) is 6.07 Å². The Kier molecular flexibility index (Phi) is 2.97. The predicted molar refractivity (Wildman–Crippen MR) is 68.0 cm³/mol. The van der Waals surface area contributed by atoms with Gasteiger partial charge < -0.3 is 10.6 Å². The summed E-state index contributed by atoms with van der Waals surface area (Å²) in [7, 11) is 0. The molecular weight excluding hydrogens is 239 g/mol. The maximum Gasteiger partial charge on any atom is 0.124 e. The lowest BCUT2D eigenvalue weighted by Gasteiger charge is -2.30. The Balaban J connectivity index is 1.70. The van der Waals surface area contributed by atoms with Gasteiger partial charge in [-0.2, -0.15) is 0 Å². The fraction of sp³-hybridized carbons (Fsp3) is 0.538. The normalized spacial score (nSPS) is 31.5. The van der Waals surface area contributed by atoms with Gasteiger partial charge in [0.2, 0.25) is 0 Å². The molecule has 1 aromatic carbocycles. The highest BCUT2D eigenvalue weighted by atomic mass is 35.5. The summed E-state index contributed by atoms with van der Waals surface area (Å²) in [6, 6.07) is 6.28. The second-order valence-corrected chi connectivity index (χ2v) is 5.48. The number of benzene rings is 1. The van der Waals surface area contributed by atoms with Gasteiger partial charge in [0.1, 0.15) is 5.82 Å². The summed E-state index contributed by atoms with van der Waals surface area (Å²) in [4.78, 5) is 0. The zero-order valence-electron chi connectivity index (χ0n) is 9.55. The standard InChI is InChI=1S/C13H16ClFN2/c14-12-5-8(15)1-4-13(12)17-11-6-9-2-3-10(7-11)16-9/h1,4-5,9-11,16-17H,2-3,6-7H2. The van der Waals surface area contributed by atoms with E-state index in [2.05, 4.69) is 10.6 Å². The summed E-state index contributed by atoms with van der Waals surface area (Å²) in [6.45, 7) is 0. The third-order valence-corrected chi connectivity index (χ3v) is 4.08. The first-order valence-electron chi connectivity index (χ1n) is 6.18. The van der Waals surface area contributed by atoms with Crippen LogP contribution in [-0.2, 0) is 0 Å². The van der Waals surface area contributed by atoms with E-state index >= 15 is 0 Å². The lowest BCUT2D eigenvalue weighted by Crippen LogP contribution is -2.43. The monoisotopic (exact) mass is 254 g/mol. The molecule has 17 heavy (non-hydrogen) atoms. The number of fused-ring (bicyclic) bond motifs is 2. The van der Waals surface area contributed by atoms with Crippen LogP contribution < -0.4 is 10.6 Å². The van der Waals surface area contributed by atoms with Crippen molar-refractivity contribution in [1.29, 1.82) is 0 Å². The topological polar surface area (TPSA) is 24.1 Å². The number of halogens is 2. The molecule has 4 heteroatoms. The average molecular weight is 255 g/mol. The van der Waals surface area contributed by atoms with Gasteiger partial charge in [0.15, 0.2) is 0 Å². The van der Waals surface area contributed by atoms with Crippen molar-refractivity contribution in [2.24, 2.45) is 0 Å². The predicted octanol–water partition coefficient (Wildman–Crippen LogP) is 3.17. The van der Waals surface area contributed by atoms with Crippen LogP contribution >= 0.6 is 11.6 Å². The molecule has 2 nitrogen and oxygen atoms in total. The second-order valence-electron chi connectivity index (χ2n) is 5.07. The molecule has 2 fully saturated rings. The van der Waals surface area contributed by atoms with Gasteiger partial charge in [-0.25, -0.2) is 4.39 Å². The van der Waals surface area contributed by atoms with Crippen LogP contribution in [0.15, 0.2) is 18.2 Å². The van der Waals surface area contributed by atoms with Crippen molar-refractivity contribution < 1.29 is 4.39 Å². The van der Waals surface area contributed by atoms with E-state index in [0.29, 0.717) is 23.1 Å². The van der Waals surface area contributed by atoms with E-state index in [0.717, 1.165) is 18.5 Å². The van der Waals surface area contributed by atoms with Crippen LogP contribution in [0.5, 0.6) is 0 Å². The van der Waals surface area contributed by atoms with Gasteiger partial charge >= 0.3 is 0 Å². The maximum absolute atomic E-state index is 12.9. The number of rotatable bonds is 2. The number of piperidine rings is 1. The molecular formula is C13H16ClFN2. The van der Waals surface area contributed by atoms with Crippen LogP contribution in [0.4, 0.5) is 10.1 Å². The molecule has 0 radical (unpaired) electrons. The number of hydrogen-bond donors (Lipinski definition) is 2. The van der Waals surface area contributed by atoms with Crippen molar-refractivity contribution in [3.63, 3.8) is 0 Å². The van der Waals surface area contributed by atoms with Gasteiger partial charge in [-0.3, -0.25) is 0 Å². The van der Waals surface area contributed by atoms with Crippen LogP contribution in [0.25, 0.3) is 0 Å². The Morgan fingerprint density at radius 2 is 1.94 bits per heavy atom. The fourth-order valence-corrected chi connectivity index (χ4v) is 3.22. The molecule has 2 unspecified atom stereocenters. The molecule has 2 bridgehead atoms. The molecule has 1 aromatic rings. The quantitative estimate of drug-likeness (QED) is 0.847. The van der Waals surface area contributed by atoms with E-state index in [9.17, 15) is 4.39 Å². The summed E-state index contributed by atoms with van der Waals surface area (Å²) in [5.74, 6) is -0.286. The summed E-state index contributed by atoms with van der Waals surface area (Å²) in [6.07, 6.45) is 4.81. The van der Waals surface area contributed by atoms with Gasteiger partial charge in [-0.15, -0.1) is 0 Å². The Hall–Kier alpha value is -0.800. The highest BCUT2D eigenvalue weighted by Crippen LogP contribution is 2.30. The Morgan fingerprint density at radius 3 is 2.59 bits per heavy atom. The van der Waals surface area contributed by atoms with Crippen molar-refractivity contribution >= 4 is 17.3 Å². The van der Waals surface area contributed by atoms with Crippen molar-refractivity contribution in [3.8, 4) is 0 Å². The first-order chi connectivity index (χ1) is 8.20. The third-order valence-electron chi connectivity index (χ3n) is 3.76. The molecule has 0 spiro atoms. The maximum atomic E-state index is 12.9. The molecule has 0 aromatic heterocycles. The van der Waals surface area contributed by atoms with Gasteiger partial charge in [0.05, 0.1) is 10.7 Å². The molecule has 2 saturated heterocycles. The number of hydrogen-bond acceptors (Lipinski definition) is 2. The van der Waals surface area contributed by atoms with E-state index in [1.807, 2.05) is 0 Å². The molecule has 2 heterocycles. The third kappa shape index (κ3) is 2.40. The number of anilines is 1. The lowest BCUT2D eigenvalue weighted by molar-refractivity contribution is 0.378. The van der Waals surface area contributed by atoms with Crippen molar-refractivity contribution in [2.45, 2.75) is 43.8 Å². The highest BCUT2D eigenvalue weighted by molar-refractivity contribution is 6.33. The second kappa shape index (κ2) is 4.46. The Morgan fingerprint density at radius 1 is 1.24 bits per heavy atom. The van der Waals surface area contributed by atoms with Crippen LogP contribution in [0.2, 0.25) is 5.02 Å². The summed E-state index contributed by atoms with van der Waals surface area (Å²) < 4.78 is 12.9. The first kappa shape index (κ1) is 11.3. The minimum Gasteiger partial charge on any atom is -0.381 e. The van der Waals surface area contributed by atoms with E-state index in [1.165, 1.54) is 25.0 Å². The Labute approximate surface area is 106 Å². The fourth-order valence-electron chi connectivity index (χ4n) is 3.00. The molecule has 0 saturated carbocycles. The lowest BCUT2D eigenvalue weighted by atomic mass is 9.99. The SMILES string of the molecule is Fc1ccc(NC2CC3CCC(C2)N3)c(Cl)c1. The summed E-state index contributed by atoms with van der Waals surface area (Å²) in [5.41, 5.74) is 0.847. The highest BCUT2D eigenvalue weighted by Gasteiger charge is 2.33. The minimum atomic E-state index is -0.286. The largest absolute Gasteiger partial charge is 0.381 e. The van der Waals surface area contributed by atoms with E-state index < -0.39 is 0 Å². The van der Waals surface area contributed by atoms with Gasteiger partial charge in [-0.1, -0.05) is 11.6 Å². The zero-order valence-corrected chi connectivity index (χ0v) is 10.3. The smallest absolute Gasteiger partial charge is 0.124 e. The molecule has 0 aliphatic carbocycles. The average Bonchev–Trinajstić information content (AvgIpc) is 2.62. The van der Waals surface area contributed by atoms with Crippen LogP contribution in [0.1, 0.15) is 25.7 Å². The summed E-state index contributed by atoms with van der Waals surface area (Å²) in [5, 5.41) is 7.50. The Bertz CT molecular complexity index is 412. The minimum absolute atomic E-state index is 0.286. The summed E-state index contributed by atoms with van der Waals surface area (Å²) >= 11 is 6.02.